The van der Waals surface area contributed by atoms with Gasteiger partial charge in [-0.2, -0.15) is 0 Å². The van der Waals surface area contributed by atoms with Crippen molar-refractivity contribution in [2.45, 2.75) is 33.1 Å². The molecule has 0 radical (unpaired) electrons. The van der Waals surface area contributed by atoms with Crippen LogP contribution in [0.1, 0.15) is 32.3 Å². The van der Waals surface area contributed by atoms with E-state index in [1.165, 1.54) is 16.8 Å². The molecule has 2 aliphatic rings. The van der Waals surface area contributed by atoms with Crippen LogP contribution in [-0.2, 0) is 11.2 Å². The number of aldehydes is 1. The molecule has 1 unspecified atom stereocenters. The third-order valence-corrected chi connectivity index (χ3v) is 4.41. The standard InChI is InChI=1S/C17H21NO2/c1-3-18(4-2)15-8-7-12-9-13-5-6-14(11-19)17(13)20-16(12)10-15/h7-8,10-11,14H,3-6,9H2,1-2H3. The van der Waals surface area contributed by atoms with Crippen LogP contribution < -0.4 is 9.64 Å². The van der Waals surface area contributed by atoms with Crippen LogP contribution in [0.2, 0.25) is 0 Å². The first-order valence-corrected chi connectivity index (χ1v) is 7.49. The molecule has 0 N–H and O–H groups in total. The number of hydrogen-bond donors (Lipinski definition) is 0. The minimum absolute atomic E-state index is 0.0322. The Kier molecular flexibility index (Phi) is 3.51. The fourth-order valence-corrected chi connectivity index (χ4v) is 3.22. The summed E-state index contributed by atoms with van der Waals surface area (Å²) in [7, 11) is 0. The van der Waals surface area contributed by atoms with Gasteiger partial charge in [0.1, 0.15) is 17.8 Å². The van der Waals surface area contributed by atoms with Crippen LogP contribution >= 0.6 is 0 Å². The zero-order valence-corrected chi connectivity index (χ0v) is 12.2. The molecular formula is C17H21NO2. The Morgan fingerprint density at radius 3 is 2.85 bits per heavy atom. The van der Waals surface area contributed by atoms with Crippen molar-refractivity contribution in [3.63, 3.8) is 0 Å². The van der Waals surface area contributed by atoms with Crippen molar-refractivity contribution >= 4 is 12.0 Å². The van der Waals surface area contributed by atoms with Gasteiger partial charge in [0.2, 0.25) is 0 Å². The lowest BCUT2D eigenvalue weighted by Gasteiger charge is -2.25. The number of carbonyl (C=O) groups is 1. The average Bonchev–Trinajstić information content (AvgIpc) is 2.88. The third-order valence-electron chi connectivity index (χ3n) is 4.41. The van der Waals surface area contributed by atoms with Gasteiger partial charge < -0.3 is 14.4 Å². The van der Waals surface area contributed by atoms with E-state index in [0.717, 1.165) is 50.1 Å². The van der Waals surface area contributed by atoms with Crippen molar-refractivity contribution in [2.75, 3.05) is 18.0 Å². The van der Waals surface area contributed by atoms with Crippen molar-refractivity contribution < 1.29 is 9.53 Å². The highest BCUT2D eigenvalue weighted by Crippen LogP contribution is 2.41. The molecule has 1 aliphatic carbocycles. The number of fused-ring (bicyclic) bond motifs is 1. The second-order valence-corrected chi connectivity index (χ2v) is 5.49. The van der Waals surface area contributed by atoms with E-state index in [1.54, 1.807) is 0 Å². The van der Waals surface area contributed by atoms with E-state index in [-0.39, 0.29) is 5.92 Å². The molecule has 1 atom stereocenters. The smallest absolute Gasteiger partial charge is 0.132 e. The first-order chi connectivity index (χ1) is 9.76. The Bertz CT molecular complexity index is 558. The second-order valence-electron chi connectivity index (χ2n) is 5.49. The Labute approximate surface area is 120 Å². The first kappa shape index (κ1) is 13.2. The molecule has 106 valence electrons. The van der Waals surface area contributed by atoms with Crippen molar-refractivity contribution in [1.29, 1.82) is 0 Å². The maximum Gasteiger partial charge on any atom is 0.132 e. The van der Waals surface area contributed by atoms with Gasteiger partial charge in [-0.15, -0.1) is 0 Å². The normalized spacial score (nSPS) is 20.2. The molecule has 20 heavy (non-hydrogen) atoms. The topological polar surface area (TPSA) is 29.5 Å². The largest absolute Gasteiger partial charge is 0.461 e. The number of allylic oxidation sites excluding steroid dienone is 2. The molecule has 0 bridgehead atoms. The van der Waals surface area contributed by atoms with Gasteiger partial charge in [0.05, 0.1) is 5.92 Å². The minimum Gasteiger partial charge on any atom is -0.461 e. The van der Waals surface area contributed by atoms with Crippen LogP contribution in [0.25, 0.3) is 0 Å². The van der Waals surface area contributed by atoms with Gasteiger partial charge in [0.15, 0.2) is 0 Å². The molecule has 0 amide bonds. The predicted octanol–water partition coefficient (Wildman–Crippen LogP) is 3.33. The lowest BCUT2D eigenvalue weighted by molar-refractivity contribution is -0.110. The van der Waals surface area contributed by atoms with E-state index < -0.39 is 0 Å². The minimum atomic E-state index is -0.0322. The van der Waals surface area contributed by atoms with E-state index in [0.29, 0.717) is 0 Å². The SMILES string of the molecule is CCN(CC)c1ccc2c(c1)OC1=C(CCC1C=O)C2. The number of hydrogen-bond acceptors (Lipinski definition) is 3. The molecular weight excluding hydrogens is 250 g/mol. The zero-order chi connectivity index (χ0) is 14.1. The van der Waals surface area contributed by atoms with E-state index >= 15 is 0 Å². The third kappa shape index (κ3) is 2.11. The summed E-state index contributed by atoms with van der Waals surface area (Å²) in [6.45, 7) is 6.29. The molecule has 0 fully saturated rings. The van der Waals surface area contributed by atoms with Crippen LogP contribution in [0.3, 0.4) is 0 Å². The summed E-state index contributed by atoms with van der Waals surface area (Å²) in [5, 5.41) is 0. The predicted molar refractivity (Wildman–Crippen MR) is 80.1 cm³/mol. The van der Waals surface area contributed by atoms with Crippen molar-refractivity contribution in [3.05, 3.63) is 35.1 Å². The molecule has 0 saturated heterocycles. The Morgan fingerprint density at radius 2 is 2.15 bits per heavy atom. The highest BCUT2D eigenvalue weighted by molar-refractivity contribution is 5.63. The number of benzene rings is 1. The number of carbonyl (C=O) groups excluding carboxylic acids is 1. The summed E-state index contributed by atoms with van der Waals surface area (Å²) in [6.07, 6.45) is 3.87. The van der Waals surface area contributed by atoms with Gasteiger partial charge in [-0.25, -0.2) is 0 Å². The fraction of sp³-hybridized carbons (Fsp3) is 0.471. The van der Waals surface area contributed by atoms with E-state index in [2.05, 4.69) is 36.9 Å². The lowest BCUT2D eigenvalue weighted by Crippen LogP contribution is -2.22. The van der Waals surface area contributed by atoms with Gasteiger partial charge in [-0.1, -0.05) is 6.07 Å². The Morgan fingerprint density at radius 1 is 1.35 bits per heavy atom. The Balaban J connectivity index is 1.91. The second kappa shape index (κ2) is 5.31. The highest BCUT2D eigenvalue weighted by Gasteiger charge is 2.31. The summed E-state index contributed by atoms with van der Waals surface area (Å²) in [6, 6.07) is 6.46. The van der Waals surface area contributed by atoms with Crippen molar-refractivity contribution in [1.82, 2.24) is 0 Å². The van der Waals surface area contributed by atoms with Crippen LogP contribution in [0, 0.1) is 5.92 Å². The summed E-state index contributed by atoms with van der Waals surface area (Å²) in [5.74, 6) is 1.82. The molecule has 3 nitrogen and oxygen atoms in total. The van der Waals surface area contributed by atoms with Gasteiger partial charge in [-0.05, 0) is 43.9 Å². The molecule has 0 aromatic heterocycles. The first-order valence-electron chi connectivity index (χ1n) is 7.49. The van der Waals surface area contributed by atoms with Crippen LogP contribution in [0.15, 0.2) is 29.5 Å². The van der Waals surface area contributed by atoms with Crippen LogP contribution in [0.4, 0.5) is 5.69 Å². The molecule has 3 heteroatoms. The summed E-state index contributed by atoms with van der Waals surface area (Å²) in [5.41, 5.74) is 3.75. The number of rotatable bonds is 4. The van der Waals surface area contributed by atoms with Gasteiger partial charge in [0.25, 0.3) is 0 Å². The molecule has 1 aromatic carbocycles. The van der Waals surface area contributed by atoms with Crippen molar-refractivity contribution in [2.24, 2.45) is 5.92 Å². The van der Waals surface area contributed by atoms with Crippen LogP contribution in [-0.4, -0.2) is 19.4 Å². The Hall–Kier alpha value is -1.77. The summed E-state index contributed by atoms with van der Waals surface area (Å²) < 4.78 is 6.06. The number of nitrogens with zero attached hydrogens (tertiary/aromatic N) is 1. The van der Waals surface area contributed by atoms with E-state index in [4.69, 9.17) is 4.74 Å². The number of ether oxygens (including phenoxy) is 1. The molecule has 1 heterocycles. The molecule has 1 aliphatic heterocycles. The maximum atomic E-state index is 11.1. The fourth-order valence-electron chi connectivity index (χ4n) is 3.22. The molecule has 0 spiro atoms. The van der Waals surface area contributed by atoms with Gasteiger partial charge >= 0.3 is 0 Å². The highest BCUT2D eigenvalue weighted by atomic mass is 16.5. The number of anilines is 1. The average molecular weight is 271 g/mol. The van der Waals surface area contributed by atoms with E-state index in [9.17, 15) is 4.79 Å². The summed E-state index contributed by atoms with van der Waals surface area (Å²) >= 11 is 0. The van der Waals surface area contributed by atoms with Gasteiger partial charge in [-0.3, -0.25) is 0 Å². The van der Waals surface area contributed by atoms with Gasteiger partial charge in [0, 0.05) is 31.3 Å². The van der Waals surface area contributed by atoms with E-state index in [1.807, 2.05) is 0 Å². The maximum absolute atomic E-state index is 11.1. The van der Waals surface area contributed by atoms with Crippen molar-refractivity contribution in [3.8, 4) is 5.75 Å². The van der Waals surface area contributed by atoms with Crippen LogP contribution in [0.5, 0.6) is 5.75 Å². The monoisotopic (exact) mass is 271 g/mol. The molecule has 0 saturated carbocycles. The molecule has 3 rings (SSSR count). The lowest BCUT2D eigenvalue weighted by atomic mass is 10.00. The summed E-state index contributed by atoms with van der Waals surface area (Å²) in [4.78, 5) is 13.4. The zero-order valence-electron chi connectivity index (χ0n) is 12.2. The molecule has 1 aromatic rings. The quantitative estimate of drug-likeness (QED) is 0.787.